The first-order valence-electron chi connectivity index (χ1n) is 4.49. The average molecular weight is 162 g/mol. The van der Waals surface area contributed by atoms with E-state index in [4.69, 9.17) is 0 Å². The lowest BCUT2D eigenvalue weighted by Crippen LogP contribution is -2.11. The smallest absolute Gasteiger partial charge is 0.0132 e. The monoisotopic (exact) mass is 162 g/mol. The number of aryl methyl sites for hydroxylation is 2. The van der Waals surface area contributed by atoms with E-state index in [9.17, 15) is 0 Å². The van der Waals surface area contributed by atoms with E-state index in [1.807, 2.05) is 0 Å². The fourth-order valence-corrected chi connectivity index (χ4v) is 1.21. The highest BCUT2D eigenvalue weighted by Gasteiger charge is 2.13. The van der Waals surface area contributed by atoms with Gasteiger partial charge in [-0.1, -0.05) is 39.0 Å². The minimum absolute atomic E-state index is 0.276. The molecular weight excluding hydrogens is 144 g/mol. The Hall–Kier alpha value is -0.780. The van der Waals surface area contributed by atoms with Crippen molar-refractivity contribution in [2.24, 2.45) is 0 Å². The van der Waals surface area contributed by atoms with Crippen LogP contribution in [-0.4, -0.2) is 0 Å². The number of benzene rings is 1. The summed E-state index contributed by atoms with van der Waals surface area (Å²) in [7, 11) is 0. The van der Waals surface area contributed by atoms with Crippen molar-refractivity contribution in [3.05, 3.63) is 34.9 Å². The molecule has 0 atom stereocenters. The van der Waals surface area contributed by atoms with E-state index in [1.54, 1.807) is 0 Å². The van der Waals surface area contributed by atoms with Crippen molar-refractivity contribution in [2.75, 3.05) is 0 Å². The predicted octanol–water partition coefficient (Wildman–Crippen LogP) is 3.60. The van der Waals surface area contributed by atoms with E-state index < -0.39 is 0 Å². The van der Waals surface area contributed by atoms with Crippen molar-refractivity contribution in [3.63, 3.8) is 0 Å². The molecule has 0 saturated carbocycles. The molecule has 0 N–H and O–H groups in total. The van der Waals surface area contributed by atoms with E-state index in [2.05, 4.69) is 52.8 Å². The number of hydrogen-bond donors (Lipinski definition) is 0. The van der Waals surface area contributed by atoms with Crippen molar-refractivity contribution in [1.29, 1.82) is 0 Å². The Morgan fingerprint density at radius 3 is 1.92 bits per heavy atom. The highest BCUT2D eigenvalue weighted by Crippen LogP contribution is 2.23. The van der Waals surface area contributed by atoms with Gasteiger partial charge < -0.3 is 0 Å². The molecule has 1 aromatic rings. The minimum atomic E-state index is 0.276. The standard InChI is InChI=1S/C12H18/c1-9-6-7-11(8-10(9)2)12(3,4)5/h6-8H,1-5H3. The first-order valence-corrected chi connectivity index (χ1v) is 4.49. The lowest BCUT2D eigenvalue weighted by atomic mass is 9.85. The molecule has 0 aliphatic heterocycles. The van der Waals surface area contributed by atoms with Gasteiger partial charge in [0.15, 0.2) is 0 Å². The second-order valence-corrected chi connectivity index (χ2v) is 4.55. The molecule has 0 fully saturated rings. The fourth-order valence-electron chi connectivity index (χ4n) is 1.21. The summed E-state index contributed by atoms with van der Waals surface area (Å²) in [6, 6.07) is 6.72. The highest BCUT2D eigenvalue weighted by atomic mass is 14.2. The molecule has 1 rings (SSSR count). The van der Waals surface area contributed by atoms with E-state index in [0.717, 1.165) is 0 Å². The zero-order valence-electron chi connectivity index (χ0n) is 8.73. The van der Waals surface area contributed by atoms with Crippen LogP contribution >= 0.6 is 0 Å². The zero-order chi connectivity index (χ0) is 9.35. The number of rotatable bonds is 0. The maximum Gasteiger partial charge on any atom is -0.0132 e. The molecule has 0 aliphatic carbocycles. The molecule has 1 aromatic carbocycles. The van der Waals surface area contributed by atoms with Crippen LogP contribution in [0.4, 0.5) is 0 Å². The molecule has 0 spiro atoms. The zero-order valence-corrected chi connectivity index (χ0v) is 8.73. The Morgan fingerprint density at radius 1 is 0.917 bits per heavy atom. The van der Waals surface area contributed by atoms with Crippen molar-refractivity contribution >= 4 is 0 Å². The van der Waals surface area contributed by atoms with Gasteiger partial charge >= 0.3 is 0 Å². The molecule has 0 heteroatoms. The molecule has 0 heterocycles. The third kappa shape index (κ3) is 1.88. The second kappa shape index (κ2) is 2.93. The van der Waals surface area contributed by atoms with Crippen LogP contribution in [0.15, 0.2) is 18.2 Å². The van der Waals surface area contributed by atoms with Crippen LogP contribution in [0.1, 0.15) is 37.5 Å². The number of hydrogen-bond acceptors (Lipinski definition) is 0. The van der Waals surface area contributed by atoms with Gasteiger partial charge in [0.25, 0.3) is 0 Å². The SMILES string of the molecule is Cc1ccc(C(C)(C)C)cc1C. The van der Waals surface area contributed by atoms with Gasteiger partial charge in [0, 0.05) is 0 Å². The fraction of sp³-hybridized carbons (Fsp3) is 0.500. The van der Waals surface area contributed by atoms with Gasteiger partial charge in [-0.15, -0.1) is 0 Å². The minimum Gasteiger partial charge on any atom is -0.0588 e. The summed E-state index contributed by atoms with van der Waals surface area (Å²) < 4.78 is 0. The predicted molar refractivity (Wildman–Crippen MR) is 54.6 cm³/mol. The summed E-state index contributed by atoms with van der Waals surface area (Å²) in [5, 5.41) is 0. The summed E-state index contributed by atoms with van der Waals surface area (Å²) in [4.78, 5) is 0. The Balaban J connectivity index is 3.14. The topological polar surface area (TPSA) is 0 Å². The lowest BCUT2D eigenvalue weighted by Gasteiger charge is -2.19. The van der Waals surface area contributed by atoms with Gasteiger partial charge in [0.05, 0.1) is 0 Å². The summed E-state index contributed by atoms with van der Waals surface area (Å²) in [6.07, 6.45) is 0. The third-order valence-electron chi connectivity index (χ3n) is 2.37. The van der Waals surface area contributed by atoms with Gasteiger partial charge in [-0.05, 0) is 36.0 Å². The molecule has 0 aromatic heterocycles. The van der Waals surface area contributed by atoms with Crippen LogP contribution in [-0.2, 0) is 5.41 Å². The summed E-state index contributed by atoms with van der Waals surface area (Å²) in [5.74, 6) is 0. The maximum absolute atomic E-state index is 2.29. The van der Waals surface area contributed by atoms with Crippen LogP contribution in [0.25, 0.3) is 0 Å². The lowest BCUT2D eigenvalue weighted by molar-refractivity contribution is 0.589. The quantitative estimate of drug-likeness (QED) is 0.546. The van der Waals surface area contributed by atoms with Crippen molar-refractivity contribution in [3.8, 4) is 0 Å². The Bertz CT molecular complexity index is 277. The van der Waals surface area contributed by atoms with Crippen LogP contribution < -0.4 is 0 Å². The molecule has 0 saturated heterocycles. The van der Waals surface area contributed by atoms with E-state index in [1.165, 1.54) is 16.7 Å². The summed E-state index contributed by atoms with van der Waals surface area (Å²) in [5.41, 5.74) is 4.47. The second-order valence-electron chi connectivity index (χ2n) is 4.55. The largest absolute Gasteiger partial charge is 0.0588 e. The Kier molecular flexibility index (Phi) is 2.27. The van der Waals surface area contributed by atoms with Gasteiger partial charge in [0.1, 0.15) is 0 Å². The van der Waals surface area contributed by atoms with Crippen molar-refractivity contribution < 1.29 is 0 Å². The van der Waals surface area contributed by atoms with Crippen LogP contribution in [0.3, 0.4) is 0 Å². The Morgan fingerprint density at radius 2 is 1.50 bits per heavy atom. The molecular formula is C12H18. The maximum atomic E-state index is 2.29. The first kappa shape index (κ1) is 9.31. The van der Waals surface area contributed by atoms with Crippen LogP contribution in [0, 0.1) is 13.8 Å². The molecule has 0 amide bonds. The molecule has 66 valence electrons. The average Bonchev–Trinajstić information content (AvgIpc) is 1.92. The third-order valence-corrected chi connectivity index (χ3v) is 2.37. The van der Waals surface area contributed by atoms with E-state index >= 15 is 0 Å². The summed E-state index contributed by atoms with van der Waals surface area (Å²) in [6.45, 7) is 11.1. The van der Waals surface area contributed by atoms with Crippen molar-refractivity contribution in [1.82, 2.24) is 0 Å². The molecule has 0 radical (unpaired) electrons. The molecule has 0 nitrogen and oxygen atoms in total. The molecule has 0 unspecified atom stereocenters. The normalized spacial score (nSPS) is 11.8. The van der Waals surface area contributed by atoms with E-state index in [0.29, 0.717) is 0 Å². The van der Waals surface area contributed by atoms with Crippen LogP contribution in [0.2, 0.25) is 0 Å². The van der Waals surface area contributed by atoms with Gasteiger partial charge in [-0.3, -0.25) is 0 Å². The van der Waals surface area contributed by atoms with Gasteiger partial charge in [0.2, 0.25) is 0 Å². The van der Waals surface area contributed by atoms with Gasteiger partial charge in [-0.25, -0.2) is 0 Å². The summed E-state index contributed by atoms with van der Waals surface area (Å²) >= 11 is 0. The molecule has 12 heavy (non-hydrogen) atoms. The van der Waals surface area contributed by atoms with Gasteiger partial charge in [-0.2, -0.15) is 0 Å². The Labute approximate surface area is 75.6 Å². The van der Waals surface area contributed by atoms with Crippen molar-refractivity contribution in [2.45, 2.75) is 40.0 Å². The first-order chi connectivity index (χ1) is 5.41. The highest BCUT2D eigenvalue weighted by molar-refractivity contribution is 5.33. The van der Waals surface area contributed by atoms with E-state index in [-0.39, 0.29) is 5.41 Å². The van der Waals surface area contributed by atoms with Crippen LogP contribution in [0.5, 0.6) is 0 Å². The molecule has 0 bridgehead atoms. The molecule has 0 aliphatic rings.